The Morgan fingerprint density at radius 3 is 3.00 bits per heavy atom. The molecule has 0 bridgehead atoms. The van der Waals surface area contributed by atoms with Crippen LogP contribution in [-0.4, -0.2) is 4.98 Å². The summed E-state index contributed by atoms with van der Waals surface area (Å²) >= 11 is 4.92. The number of thiophene rings is 1. The van der Waals surface area contributed by atoms with Crippen LogP contribution in [0.15, 0.2) is 39.8 Å². The molecule has 2 heterocycles. The number of rotatable bonds is 3. The Bertz CT molecular complexity index is 504. The number of hydrogen-bond acceptors (Lipinski definition) is 4. The molecule has 5 heteroatoms. The van der Waals surface area contributed by atoms with Gasteiger partial charge in [-0.1, -0.05) is 0 Å². The van der Waals surface area contributed by atoms with Gasteiger partial charge in [0.2, 0.25) is 0 Å². The van der Waals surface area contributed by atoms with Gasteiger partial charge in [-0.2, -0.15) is 16.6 Å². The molecule has 1 atom stereocenters. The fraction of sp³-hybridized carbons (Fsp3) is 0.0909. The quantitative estimate of drug-likeness (QED) is 0.941. The van der Waals surface area contributed by atoms with Crippen molar-refractivity contribution in [2.24, 2.45) is 0 Å². The second kappa shape index (κ2) is 5.10. The molecular formula is C11H8BrN3S. The lowest BCUT2D eigenvalue weighted by Gasteiger charge is -2.11. The molecule has 1 N–H and O–H groups in total. The smallest absolute Gasteiger partial charge is 0.141 e. The second-order valence-corrected chi connectivity index (χ2v) is 4.85. The van der Waals surface area contributed by atoms with Crippen LogP contribution in [0.5, 0.6) is 0 Å². The summed E-state index contributed by atoms with van der Waals surface area (Å²) in [5.41, 5.74) is 1.81. The highest BCUT2D eigenvalue weighted by atomic mass is 79.9. The van der Waals surface area contributed by atoms with E-state index in [1.165, 1.54) is 0 Å². The van der Waals surface area contributed by atoms with Gasteiger partial charge in [0.25, 0.3) is 0 Å². The molecule has 0 aliphatic rings. The number of aromatic nitrogens is 1. The fourth-order valence-electron chi connectivity index (χ4n) is 1.29. The van der Waals surface area contributed by atoms with Gasteiger partial charge in [0, 0.05) is 10.7 Å². The highest BCUT2D eigenvalue weighted by molar-refractivity contribution is 9.10. The van der Waals surface area contributed by atoms with Crippen molar-refractivity contribution in [1.29, 1.82) is 5.26 Å². The highest BCUT2D eigenvalue weighted by Crippen LogP contribution is 2.22. The van der Waals surface area contributed by atoms with Crippen LogP contribution in [0.25, 0.3) is 0 Å². The molecule has 0 aliphatic carbocycles. The monoisotopic (exact) mass is 293 g/mol. The van der Waals surface area contributed by atoms with Crippen LogP contribution < -0.4 is 5.32 Å². The van der Waals surface area contributed by atoms with Crippen LogP contribution in [-0.2, 0) is 0 Å². The molecule has 2 aromatic heterocycles. The first-order valence-electron chi connectivity index (χ1n) is 4.58. The predicted molar refractivity (Wildman–Crippen MR) is 68.2 cm³/mol. The van der Waals surface area contributed by atoms with Gasteiger partial charge in [0.05, 0.1) is 18.0 Å². The van der Waals surface area contributed by atoms with Crippen LogP contribution in [0, 0.1) is 11.3 Å². The van der Waals surface area contributed by atoms with E-state index in [9.17, 15) is 0 Å². The maximum atomic E-state index is 9.09. The molecule has 3 nitrogen and oxygen atoms in total. The molecular weight excluding hydrogens is 286 g/mol. The Labute approximate surface area is 106 Å². The number of nitrogens with zero attached hydrogens (tertiary/aromatic N) is 2. The lowest BCUT2D eigenvalue weighted by Crippen LogP contribution is -2.07. The Kier molecular flexibility index (Phi) is 3.54. The largest absolute Gasteiger partial charge is 0.365 e. The van der Waals surface area contributed by atoms with Gasteiger partial charge < -0.3 is 5.32 Å². The van der Waals surface area contributed by atoms with E-state index in [-0.39, 0.29) is 6.04 Å². The van der Waals surface area contributed by atoms with Gasteiger partial charge in [-0.3, -0.25) is 4.98 Å². The van der Waals surface area contributed by atoms with E-state index in [1.807, 2.05) is 22.9 Å². The number of nitriles is 1. The first-order valence-corrected chi connectivity index (χ1v) is 6.32. The average Bonchev–Trinajstić information content (AvgIpc) is 2.79. The number of nitrogens with one attached hydrogen (secondary N) is 1. The van der Waals surface area contributed by atoms with Crippen molar-refractivity contribution in [3.8, 4) is 6.07 Å². The van der Waals surface area contributed by atoms with Crippen molar-refractivity contribution in [3.63, 3.8) is 0 Å². The van der Waals surface area contributed by atoms with Gasteiger partial charge in [0.1, 0.15) is 6.04 Å². The Balaban J connectivity index is 2.17. The first-order chi connectivity index (χ1) is 7.79. The van der Waals surface area contributed by atoms with Crippen molar-refractivity contribution in [2.75, 3.05) is 5.32 Å². The van der Waals surface area contributed by atoms with Crippen LogP contribution in [0.3, 0.4) is 0 Å². The molecule has 0 spiro atoms. The molecule has 0 fully saturated rings. The van der Waals surface area contributed by atoms with E-state index in [1.54, 1.807) is 23.7 Å². The van der Waals surface area contributed by atoms with Crippen LogP contribution >= 0.6 is 27.3 Å². The Morgan fingerprint density at radius 2 is 2.38 bits per heavy atom. The lowest BCUT2D eigenvalue weighted by atomic mass is 10.2. The molecule has 2 rings (SSSR count). The van der Waals surface area contributed by atoms with Crippen molar-refractivity contribution in [1.82, 2.24) is 4.98 Å². The standard InChI is InChI=1S/C11H8BrN3S/c12-9-3-10(6-14-5-9)15-11(4-13)8-1-2-16-7-8/h1-3,5-7,11,15H/t11-/m1/s1. The van der Waals surface area contributed by atoms with Gasteiger partial charge in [-0.05, 0) is 44.4 Å². The lowest BCUT2D eigenvalue weighted by molar-refractivity contribution is 1.00. The number of anilines is 1. The van der Waals surface area contributed by atoms with E-state index in [0.29, 0.717) is 0 Å². The molecule has 16 heavy (non-hydrogen) atoms. The maximum Gasteiger partial charge on any atom is 0.141 e. The third-order valence-corrected chi connectivity index (χ3v) is 3.16. The normalized spacial score (nSPS) is 11.8. The zero-order chi connectivity index (χ0) is 11.4. The minimum atomic E-state index is -0.331. The molecule has 0 aliphatic heterocycles. The van der Waals surface area contributed by atoms with Crippen molar-refractivity contribution in [2.45, 2.75) is 6.04 Å². The van der Waals surface area contributed by atoms with Crippen LogP contribution in [0.1, 0.15) is 11.6 Å². The number of hydrogen-bond donors (Lipinski definition) is 1. The predicted octanol–water partition coefficient (Wildman–Crippen LogP) is 3.58. The fourth-order valence-corrected chi connectivity index (χ4v) is 2.34. The van der Waals surface area contributed by atoms with E-state index in [4.69, 9.17) is 5.26 Å². The summed E-state index contributed by atoms with van der Waals surface area (Å²) < 4.78 is 0.888. The molecule has 80 valence electrons. The number of pyridine rings is 1. The second-order valence-electron chi connectivity index (χ2n) is 3.15. The highest BCUT2D eigenvalue weighted by Gasteiger charge is 2.10. The molecule has 0 saturated carbocycles. The van der Waals surface area contributed by atoms with Gasteiger partial charge in [-0.25, -0.2) is 0 Å². The average molecular weight is 294 g/mol. The van der Waals surface area contributed by atoms with E-state index in [0.717, 1.165) is 15.7 Å². The summed E-state index contributed by atoms with van der Waals surface area (Å²) in [7, 11) is 0. The summed E-state index contributed by atoms with van der Waals surface area (Å²) in [4.78, 5) is 4.04. The summed E-state index contributed by atoms with van der Waals surface area (Å²) in [6, 6.07) is 5.73. The molecule has 2 aromatic rings. The first kappa shape index (κ1) is 11.1. The van der Waals surface area contributed by atoms with Crippen LogP contribution in [0.2, 0.25) is 0 Å². The van der Waals surface area contributed by atoms with Gasteiger partial charge >= 0.3 is 0 Å². The molecule has 0 aromatic carbocycles. The zero-order valence-electron chi connectivity index (χ0n) is 8.22. The molecule has 0 radical (unpaired) electrons. The Hall–Kier alpha value is -1.38. The van der Waals surface area contributed by atoms with E-state index >= 15 is 0 Å². The summed E-state index contributed by atoms with van der Waals surface area (Å²) in [6.45, 7) is 0. The summed E-state index contributed by atoms with van der Waals surface area (Å²) in [5.74, 6) is 0. The van der Waals surface area contributed by atoms with Crippen molar-refractivity contribution >= 4 is 33.0 Å². The molecule has 0 unspecified atom stereocenters. The zero-order valence-corrected chi connectivity index (χ0v) is 10.6. The molecule has 0 amide bonds. The Morgan fingerprint density at radius 1 is 1.50 bits per heavy atom. The third kappa shape index (κ3) is 2.60. The van der Waals surface area contributed by atoms with Crippen molar-refractivity contribution < 1.29 is 0 Å². The van der Waals surface area contributed by atoms with Gasteiger partial charge in [-0.15, -0.1) is 0 Å². The van der Waals surface area contributed by atoms with E-state index in [2.05, 4.69) is 32.3 Å². The third-order valence-electron chi connectivity index (χ3n) is 2.02. The minimum absolute atomic E-state index is 0.331. The SMILES string of the molecule is N#C[C@@H](Nc1cncc(Br)c1)c1ccsc1. The minimum Gasteiger partial charge on any atom is -0.365 e. The van der Waals surface area contributed by atoms with E-state index < -0.39 is 0 Å². The summed E-state index contributed by atoms with van der Waals surface area (Å²) in [6.07, 6.45) is 3.40. The topological polar surface area (TPSA) is 48.7 Å². The number of halogens is 1. The summed E-state index contributed by atoms with van der Waals surface area (Å²) in [5, 5.41) is 16.1. The van der Waals surface area contributed by atoms with Gasteiger partial charge in [0.15, 0.2) is 0 Å². The van der Waals surface area contributed by atoms with Crippen LogP contribution in [0.4, 0.5) is 5.69 Å². The molecule has 0 saturated heterocycles. The van der Waals surface area contributed by atoms with Crippen molar-refractivity contribution in [3.05, 3.63) is 45.3 Å². The maximum absolute atomic E-state index is 9.09.